The van der Waals surface area contributed by atoms with Gasteiger partial charge in [-0.05, 0) is 36.1 Å². The van der Waals surface area contributed by atoms with E-state index in [1.54, 1.807) is 29.2 Å². The normalized spacial score (nSPS) is 16.4. The van der Waals surface area contributed by atoms with E-state index in [1.807, 2.05) is 12.1 Å². The molecule has 1 aliphatic rings. The topological polar surface area (TPSA) is 79.8 Å². The molecule has 0 spiro atoms. The van der Waals surface area contributed by atoms with Crippen LogP contribution < -0.4 is 4.74 Å². The van der Waals surface area contributed by atoms with Gasteiger partial charge in [-0.3, -0.25) is 4.79 Å². The molecule has 156 valence electrons. The Morgan fingerprint density at radius 2 is 1.76 bits per heavy atom. The molecule has 0 radical (unpaired) electrons. The molecule has 29 heavy (non-hydrogen) atoms. The second-order valence-electron chi connectivity index (χ2n) is 7.16. The van der Waals surface area contributed by atoms with Crippen LogP contribution in [0, 0.1) is 0 Å². The highest BCUT2D eigenvalue weighted by Gasteiger charge is 2.30. The number of hydrogen-bond donors (Lipinski definition) is 0. The summed E-state index contributed by atoms with van der Waals surface area (Å²) in [6.07, 6.45) is 2.48. The lowest BCUT2D eigenvalue weighted by Crippen LogP contribution is -2.50. The van der Waals surface area contributed by atoms with Gasteiger partial charge in [0.2, 0.25) is 15.9 Å². The summed E-state index contributed by atoms with van der Waals surface area (Å²) in [6.45, 7) is 5.45. The van der Waals surface area contributed by atoms with Crippen molar-refractivity contribution in [3.8, 4) is 5.88 Å². The van der Waals surface area contributed by atoms with Crippen LogP contribution in [0.4, 0.5) is 0 Å². The third-order valence-corrected chi connectivity index (χ3v) is 7.33. The van der Waals surface area contributed by atoms with Crippen LogP contribution in [-0.4, -0.2) is 61.8 Å². The van der Waals surface area contributed by atoms with E-state index in [1.165, 1.54) is 17.6 Å². The number of piperazine rings is 1. The molecular weight excluding hydrogens is 390 g/mol. The molecule has 3 rings (SSSR count). The average Bonchev–Trinajstić information content (AvgIpc) is 2.78. The monoisotopic (exact) mass is 417 g/mol. The summed E-state index contributed by atoms with van der Waals surface area (Å²) in [5.41, 5.74) is 1.60. The van der Waals surface area contributed by atoms with Crippen molar-refractivity contribution in [1.29, 1.82) is 0 Å². The van der Waals surface area contributed by atoms with Gasteiger partial charge in [-0.25, -0.2) is 13.4 Å². The van der Waals surface area contributed by atoms with Gasteiger partial charge in [0.25, 0.3) is 5.91 Å². The number of benzene rings is 1. The Bertz CT molecular complexity index is 935. The van der Waals surface area contributed by atoms with Crippen molar-refractivity contribution in [2.75, 3.05) is 33.3 Å². The van der Waals surface area contributed by atoms with E-state index < -0.39 is 10.0 Å². The number of carbonyl (C=O) groups excluding carboxylic acids is 1. The van der Waals surface area contributed by atoms with Gasteiger partial charge < -0.3 is 9.64 Å². The molecule has 0 bridgehead atoms. The number of hydrogen-bond acceptors (Lipinski definition) is 5. The zero-order valence-corrected chi connectivity index (χ0v) is 17.9. The first-order valence-electron chi connectivity index (χ1n) is 9.76. The average molecular weight is 418 g/mol. The van der Waals surface area contributed by atoms with Crippen molar-refractivity contribution >= 4 is 15.9 Å². The molecule has 0 saturated carbocycles. The molecule has 0 N–H and O–H groups in total. The Morgan fingerprint density at radius 1 is 1.10 bits per heavy atom. The number of pyridine rings is 1. The van der Waals surface area contributed by atoms with Gasteiger partial charge in [0.05, 0.1) is 17.6 Å². The van der Waals surface area contributed by atoms with Crippen LogP contribution in [0.5, 0.6) is 5.88 Å². The van der Waals surface area contributed by atoms with Crippen LogP contribution in [0.1, 0.15) is 42.1 Å². The zero-order chi connectivity index (χ0) is 21.0. The highest BCUT2D eigenvalue weighted by molar-refractivity contribution is 7.89. The van der Waals surface area contributed by atoms with Crippen LogP contribution in [0.3, 0.4) is 0 Å². The van der Waals surface area contributed by atoms with E-state index in [0.29, 0.717) is 35.3 Å². The fourth-order valence-corrected chi connectivity index (χ4v) is 4.72. The number of amides is 1. The Hall–Kier alpha value is -2.45. The summed E-state index contributed by atoms with van der Waals surface area (Å²) in [4.78, 5) is 18.6. The maximum atomic E-state index is 13.0. The predicted molar refractivity (Wildman–Crippen MR) is 111 cm³/mol. The second kappa shape index (κ2) is 8.92. The van der Waals surface area contributed by atoms with E-state index in [9.17, 15) is 13.2 Å². The van der Waals surface area contributed by atoms with E-state index in [0.717, 1.165) is 12.0 Å². The van der Waals surface area contributed by atoms with Crippen molar-refractivity contribution in [2.45, 2.75) is 31.1 Å². The SMILES string of the molecule is CCC(C)c1ccc(S(=O)(=O)N2CCN(C(=O)c3ccc(OC)nc3)CC2)cc1. The minimum absolute atomic E-state index is 0.157. The Kier molecular flexibility index (Phi) is 6.54. The van der Waals surface area contributed by atoms with Crippen molar-refractivity contribution in [3.05, 3.63) is 53.7 Å². The molecule has 2 aromatic rings. The number of nitrogens with zero attached hydrogens (tertiary/aromatic N) is 3. The summed E-state index contributed by atoms with van der Waals surface area (Å²) < 4.78 is 32.4. The van der Waals surface area contributed by atoms with Crippen molar-refractivity contribution < 1.29 is 17.9 Å². The summed E-state index contributed by atoms with van der Waals surface area (Å²) in [7, 11) is -2.05. The maximum absolute atomic E-state index is 13.0. The maximum Gasteiger partial charge on any atom is 0.255 e. The van der Waals surface area contributed by atoms with Gasteiger partial charge in [0.1, 0.15) is 0 Å². The number of carbonyl (C=O) groups is 1. The first-order valence-corrected chi connectivity index (χ1v) is 11.2. The number of sulfonamides is 1. The zero-order valence-electron chi connectivity index (χ0n) is 17.0. The lowest BCUT2D eigenvalue weighted by atomic mass is 9.99. The third-order valence-electron chi connectivity index (χ3n) is 5.42. The van der Waals surface area contributed by atoms with Crippen LogP contribution >= 0.6 is 0 Å². The van der Waals surface area contributed by atoms with E-state index in [2.05, 4.69) is 18.8 Å². The second-order valence-corrected chi connectivity index (χ2v) is 9.10. The van der Waals surface area contributed by atoms with Gasteiger partial charge in [-0.15, -0.1) is 0 Å². The Morgan fingerprint density at radius 3 is 2.28 bits per heavy atom. The van der Waals surface area contributed by atoms with E-state index >= 15 is 0 Å². The Balaban J connectivity index is 1.65. The molecule has 8 heteroatoms. The molecule has 7 nitrogen and oxygen atoms in total. The van der Waals surface area contributed by atoms with Crippen molar-refractivity contribution in [2.24, 2.45) is 0 Å². The highest BCUT2D eigenvalue weighted by atomic mass is 32.2. The summed E-state index contributed by atoms with van der Waals surface area (Å²) >= 11 is 0. The lowest BCUT2D eigenvalue weighted by molar-refractivity contribution is 0.0697. The molecular formula is C21H27N3O4S. The molecule has 1 aromatic heterocycles. The van der Waals surface area contributed by atoms with Gasteiger partial charge in [0.15, 0.2) is 0 Å². The highest BCUT2D eigenvalue weighted by Crippen LogP contribution is 2.23. The van der Waals surface area contributed by atoms with Crippen LogP contribution in [0.25, 0.3) is 0 Å². The Labute approximate surface area is 172 Å². The molecule has 1 unspecified atom stereocenters. The lowest BCUT2D eigenvalue weighted by Gasteiger charge is -2.34. The molecule has 1 aromatic carbocycles. The van der Waals surface area contributed by atoms with Crippen LogP contribution in [-0.2, 0) is 10.0 Å². The minimum atomic E-state index is -3.57. The molecule has 1 saturated heterocycles. The quantitative estimate of drug-likeness (QED) is 0.722. The first-order chi connectivity index (χ1) is 13.9. The molecule has 1 fully saturated rings. The fraction of sp³-hybridized carbons (Fsp3) is 0.429. The van der Waals surface area contributed by atoms with Crippen LogP contribution in [0.2, 0.25) is 0 Å². The number of methoxy groups -OCH3 is 1. The summed E-state index contributed by atoms with van der Waals surface area (Å²) in [6, 6.07) is 10.4. The first kappa shape index (κ1) is 21.3. The summed E-state index contributed by atoms with van der Waals surface area (Å²) in [5, 5.41) is 0. The van der Waals surface area contributed by atoms with Crippen molar-refractivity contribution in [1.82, 2.24) is 14.2 Å². The summed E-state index contributed by atoms with van der Waals surface area (Å²) in [5.74, 6) is 0.681. The molecule has 0 aliphatic carbocycles. The van der Waals surface area contributed by atoms with E-state index in [-0.39, 0.29) is 19.0 Å². The van der Waals surface area contributed by atoms with E-state index in [4.69, 9.17) is 4.74 Å². The predicted octanol–water partition coefficient (Wildman–Crippen LogP) is 2.75. The fourth-order valence-electron chi connectivity index (χ4n) is 3.29. The van der Waals surface area contributed by atoms with Crippen LogP contribution in [0.15, 0.2) is 47.5 Å². The van der Waals surface area contributed by atoms with Gasteiger partial charge in [0, 0.05) is 38.4 Å². The van der Waals surface area contributed by atoms with Gasteiger partial charge >= 0.3 is 0 Å². The largest absolute Gasteiger partial charge is 0.481 e. The third kappa shape index (κ3) is 4.59. The number of aromatic nitrogens is 1. The smallest absolute Gasteiger partial charge is 0.255 e. The minimum Gasteiger partial charge on any atom is -0.481 e. The number of rotatable bonds is 6. The van der Waals surface area contributed by atoms with Gasteiger partial charge in [-0.2, -0.15) is 4.31 Å². The standard InChI is InChI=1S/C21H27N3O4S/c1-4-16(2)17-5-8-19(9-6-17)29(26,27)24-13-11-23(12-14-24)21(25)18-7-10-20(28-3)22-15-18/h5-10,15-16H,4,11-14H2,1-3H3. The molecule has 1 amide bonds. The molecule has 2 heterocycles. The van der Waals surface area contributed by atoms with Crippen molar-refractivity contribution in [3.63, 3.8) is 0 Å². The molecule has 1 atom stereocenters. The molecule has 1 aliphatic heterocycles. The van der Waals surface area contributed by atoms with Gasteiger partial charge in [-0.1, -0.05) is 26.0 Å². The number of ether oxygens (including phenoxy) is 1.